The summed E-state index contributed by atoms with van der Waals surface area (Å²) in [6.07, 6.45) is -0.530. The van der Waals surface area contributed by atoms with E-state index in [4.69, 9.17) is 4.74 Å². The molecule has 0 atom stereocenters. The molecule has 100 valence electrons. The SMILES string of the molecule is COC(=O)n1c(-c2ccc(F)cc2)nc2ccccc21. The normalized spacial score (nSPS) is 10.7. The molecular weight excluding hydrogens is 259 g/mol. The molecule has 0 fully saturated rings. The van der Waals surface area contributed by atoms with Crippen LogP contribution in [0.1, 0.15) is 0 Å². The molecule has 0 saturated carbocycles. The fraction of sp³-hybridized carbons (Fsp3) is 0.0667. The molecule has 20 heavy (non-hydrogen) atoms. The van der Waals surface area contributed by atoms with E-state index in [9.17, 15) is 9.18 Å². The number of hydrogen-bond donors (Lipinski definition) is 0. The molecule has 0 aliphatic heterocycles. The Morgan fingerprint density at radius 3 is 2.55 bits per heavy atom. The van der Waals surface area contributed by atoms with Crippen LogP contribution in [0.25, 0.3) is 22.4 Å². The molecule has 0 amide bonds. The maximum absolute atomic E-state index is 13.0. The predicted molar refractivity (Wildman–Crippen MR) is 72.9 cm³/mol. The fourth-order valence-corrected chi connectivity index (χ4v) is 2.09. The molecule has 0 saturated heterocycles. The molecule has 1 heterocycles. The number of nitrogens with zero attached hydrogens (tertiary/aromatic N) is 2. The summed E-state index contributed by atoms with van der Waals surface area (Å²) in [5.41, 5.74) is 1.98. The molecule has 0 N–H and O–H groups in total. The number of imidazole rings is 1. The average Bonchev–Trinajstić information content (AvgIpc) is 2.86. The number of carbonyl (C=O) groups is 1. The Kier molecular flexibility index (Phi) is 2.95. The van der Waals surface area contributed by atoms with Gasteiger partial charge >= 0.3 is 6.09 Å². The number of fused-ring (bicyclic) bond motifs is 1. The molecule has 3 aromatic rings. The molecule has 0 unspecified atom stereocenters. The Labute approximate surface area is 114 Å². The van der Waals surface area contributed by atoms with Crippen LogP contribution in [0.5, 0.6) is 0 Å². The zero-order valence-electron chi connectivity index (χ0n) is 10.7. The summed E-state index contributed by atoms with van der Waals surface area (Å²) in [7, 11) is 1.31. The van der Waals surface area contributed by atoms with Gasteiger partial charge in [-0.25, -0.2) is 18.7 Å². The molecular formula is C15H11FN2O2. The highest BCUT2D eigenvalue weighted by Crippen LogP contribution is 2.25. The number of aromatic nitrogens is 2. The molecule has 0 radical (unpaired) electrons. The van der Waals surface area contributed by atoms with Crippen LogP contribution in [-0.4, -0.2) is 22.8 Å². The van der Waals surface area contributed by atoms with E-state index >= 15 is 0 Å². The highest BCUT2D eigenvalue weighted by Gasteiger charge is 2.18. The molecule has 0 aliphatic rings. The van der Waals surface area contributed by atoms with Gasteiger partial charge in [-0.3, -0.25) is 0 Å². The van der Waals surface area contributed by atoms with Gasteiger partial charge in [0, 0.05) is 5.56 Å². The van der Waals surface area contributed by atoms with E-state index in [1.54, 1.807) is 18.2 Å². The summed E-state index contributed by atoms with van der Waals surface area (Å²) in [4.78, 5) is 16.4. The Morgan fingerprint density at radius 1 is 1.15 bits per heavy atom. The fourth-order valence-electron chi connectivity index (χ4n) is 2.09. The van der Waals surface area contributed by atoms with Crippen molar-refractivity contribution < 1.29 is 13.9 Å². The van der Waals surface area contributed by atoms with Crippen LogP contribution in [0.2, 0.25) is 0 Å². The number of para-hydroxylation sites is 2. The first-order valence-corrected chi connectivity index (χ1v) is 6.02. The van der Waals surface area contributed by atoms with Gasteiger partial charge in [-0.2, -0.15) is 0 Å². The van der Waals surface area contributed by atoms with Crippen molar-refractivity contribution in [3.8, 4) is 11.4 Å². The van der Waals surface area contributed by atoms with Crippen molar-refractivity contribution in [3.63, 3.8) is 0 Å². The van der Waals surface area contributed by atoms with E-state index in [1.807, 2.05) is 18.2 Å². The molecule has 2 aromatic carbocycles. The Balaban J connectivity index is 2.29. The first-order valence-electron chi connectivity index (χ1n) is 6.02. The minimum absolute atomic E-state index is 0.338. The van der Waals surface area contributed by atoms with Gasteiger partial charge in [0.05, 0.1) is 18.1 Å². The number of rotatable bonds is 1. The molecule has 0 bridgehead atoms. The Bertz CT molecular complexity index is 778. The van der Waals surface area contributed by atoms with Crippen LogP contribution in [0.3, 0.4) is 0 Å². The van der Waals surface area contributed by atoms with Crippen molar-refractivity contribution in [1.29, 1.82) is 0 Å². The standard InChI is InChI=1S/C15H11FN2O2/c1-20-15(19)18-13-5-3-2-4-12(13)17-14(18)10-6-8-11(16)9-7-10/h2-9H,1H3. The number of hydrogen-bond acceptors (Lipinski definition) is 3. The van der Waals surface area contributed by atoms with Crippen molar-refractivity contribution in [2.75, 3.05) is 7.11 Å². The third kappa shape index (κ3) is 1.93. The third-order valence-electron chi connectivity index (χ3n) is 3.02. The molecule has 1 aromatic heterocycles. The highest BCUT2D eigenvalue weighted by molar-refractivity contribution is 5.91. The topological polar surface area (TPSA) is 44.1 Å². The van der Waals surface area contributed by atoms with E-state index < -0.39 is 6.09 Å². The van der Waals surface area contributed by atoms with Crippen molar-refractivity contribution in [2.24, 2.45) is 0 Å². The second-order valence-electron chi connectivity index (χ2n) is 4.24. The van der Waals surface area contributed by atoms with E-state index in [1.165, 1.54) is 23.8 Å². The second-order valence-corrected chi connectivity index (χ2v) is 4.24. The number of carbonyl (C=O) groups excluding carboxylic acids is 1. The van der Waals surface area contributed by atoms with Gasteiger partial charge < -0.3 is 4.74 Å². The van der Waals surface area contributed by atoms with Crippen molar-refractivity contribution in [1.82, 2.24) is 9.55 Å². The Morgan fingerprint density at radius 2 is 1.85 bits per heavy atom. The largest absolute Gasteiger partial charge is 0.452 e. The van der Waals surface area contributed by atoms with Gasteiger partial charge in [0.25, 0.3) is 0 Å². The minimum atomic E-state index is -0.530. The molecule has 4 nitrogen and oxygen atoms in total. The number of halogens is 1. The lowest BCUT2D eigenvalue weighted by molar-refractivity contribution is 0.174. The van der Waals surface area contributed by atoms with Gasteiger partial charge in [0.15, 0.2) is 5.82 Å². The highest BCUT2D eigenvalue weighted by atomic mass is 19.1. The third-order valence-corrected chi connectivity index (χ3v) is 3.02. The summed E-state index contributed by atoms with van der Waals surface area (Å²) in [5.74, 6) is 0.0903. The lowest BCUT2D eigenvalue weighted by Crippen LogP contribution is -2.12. The zero-order chi connectivity index (χ0) is 14.1. The molecule has 5 heteroatoms. The van der Waals surface area contributed by atoms with Crippen molar-refractivity contribution >= 4 is 17.1 Å². The Hall–Kier alpha value is -2.69. The van der Waals surface area contributed by atoms with Gasteiger partial charge in [-0.15, -0.1) is 0 Å². The van der Waals surface area contributed by atoms with Gasteiger partial charge in [0.1, 0.15) is 5.82 Å². The first-order chi connectivity index (χ1) is 9.70. The van der Waals surface area contributed by atoms with Crippen LogP contribution in [0, 0.1) is 5.82 Å². The quantitative estimate of drug-likeness (QED) is 0.680. The lowest BCUT2D eigenvalue weighted by Gasteiger charge is -2.06. The smallest absolute Gasteiger partial charge is 0.419 e. The van der Waals surface area contributed by atoms with Crippen LogP contribution < -0.4 is 0 Å². The number of benzene rings is 2. The second kappa shape index (κ2) is 4.77. The van der Waals surface area contributed by atoms with Crippen LogP contribution >= 0.6 is 0 Å². The van der Waals surface area contributed by atoms with Crippen LogP contribution in [0.4, 0.5) is 9.18 Å². The van der Waals surface area contributed by atoms with Crippen LogP contribution in [-0.2, 0) is 4.74 Å². The van der Waals surface area contributed by atoms with E-state index in [2.05, 4.69) is 4.98 Å². The van der Waals surface area contributed by atoms with E-state index in [-0.39, 0.29) is 5.82 Å². The molecule has 0 spiro atoms. The molecule has 0 aliphatic carbocycles. The maximum atomic E-state index is 13.0. The summed E-state index contributed by atoms with van der Waals surface area (Å²) in [6.45, 7) is 0. The monoisotopic (exact) mass is 270 g/mol. The lowest BCUT2D eigenvalue weighted by atomic mass is 10.2. The number of methoxy groups -OCH3 is 1. The number of ether oxygens (including phenoxy) is 1. The maximum Gasteiger partial charge on any atom is 0.419 e. The first kappa shape index (κ1) is 12.3. The predicted octanol–water partition coefficient (Wildman–Crippen LogP) is 3.46. The molecule has 3 rings (SSSR count). The van der Waals surface area contributed by atoms with E-state index in [0.29, 0.717) is 22.4 Å². The summed E-state index contributed by atoms with van der Waals surface area (Å²) >= 11 is 0. The van der Waals surface area contributed by atoms with Crippen molar-refractivity contribution in [2.45, 2.75) is 0 Å². The van der Waals surface area contributed by atoms with Gasteiger partial charge in [0.2, 0.25) is 0 Å². The zero-order valence-corrected chi connectivity index (χ0v) is 10.7. The van der Waals surface area contributed by atoms with Crippen molar-refractivity contribution in [3.05, 3.63) is 54.3 Å². The summed E-state index contributed by atoms with van der Waals surface area (Å²) in [5, 5.41) is 0. The van der Waals surface area contributed by atoms with Gasteiger partial charge in [-0.05, 0) is 36.4 Å². The van der Waals surface area contributed by atoms with Gasteiger partial charge in [-0.1, -0.05) is 12.1 Å². The van der Waals surface area contributed by atoms with Crippen LogP contribution in [0.15, 0.2) is 48.5 Å². The summed E-state index contributed by atoms with van der Waals surface area (Å²) in [6, 6.07) is 13.1. The van der Waals surface area contributed by atoms with E-state index in [0.717, 1.165) is 0 Å². The average molecular weight is 270 g/mol. The minimum Gasteiger partial charge on any atom is -0.452 e. The summed E-state index contributed by atoms with van der Waals surface area (Å²) < 4.78 is 19.2.